The first-order valence-electron chi connectivity index (χ1n) is 9.87. The first-order chi connectivity index (χ1) is 14.9. The van der Waals surface area contributed by atoms with Crippen LogP contribution in [-0.4, -0.2) is 54.3 Å². The van der Waals surface area contributed by atoms with Crippen LogP contribution in [0.2, 0.25) is 0 Å². The van der Waals surface area contributed by atoms with E-state index in [1.165, 1.54) is 9.47 Å². The Hall–Kier alpha value is -3.08. The zero-order valence-electron chi connectivity index (χ0n) is 16.5. The summed E-state index contributed by atoms with van der Waals surface area (Å²) in [7, 11) is 0. The average Bonchev–Trinajstić information content (AvgIpc) is 3.49. The van der Waals surface area contributed by atoms with Crippen LogP contribution in [0, 0.1) is 17.6 Å². The van der Waals surface area contributed by atoms with Crippen LogP contribution < -0.4 is 16.1 Å². The molecule has 2 aliphatic rings. The van der Waals surface area contributed by atoms with Crippen LogP contribution in [0.1, 0.15) is 29.2 Å². The molecule has 1 aromatic heterocycles. The number of hydrogen-bond acceptors (Lipinski definition) is 6. The van der Waals surface area contributed by atoms with E-state index in [4.69, 9.17) is 10.6 Å². The number of alkyl halides is 1. The van der Waals surface area contributed by atoms with E-state index in [2.05, 4.69) is 5.16 Å². The molecule has 1 saturated carbocycles. The SMILES string of the molecule is NCC1CN(c2c(F)cc3c(=O)c(C(=O)O)cn(C4CC4)c3c2F)CC1=NOCCF. The molecular formula is C20H21F3N4O4. The molecular weight excluding hydrogens is 417 g/mol. The van der Waals surface area contributed by atoms with Crippen LogP contribution in [0.15, 0.2) is 22.2 Å². The van der Waals surface area contributed by atoms with Crippen molar-refractivity contribution in [2.24, 2.45) is 16.8 Å². The largest absolute Gasteiger partial charge is 0.477 e. The molecule has 1 aliphatic carbocycles. The summed E-state index contributed by atoms with van der Waals surface area (Å²) in [4.78, 5) is 30.3. The molecule has 31 heavy (non-hydrogen) atoms. The monoisotopic (exact) mass is 438 g/mol. The van der Waals surface area contributed by atoms with Crippen molar-refractivity contribution in [3.8, 4) is 0 Å². The second-order valence-electron chi connectivity index (χ2n) is 7.65. The standard InChI is InChI=1S/C20H21F3N4O4/c21-3-4-31-25-15-9-26(7-10(15)6-24)18-14(22)5-12-17(16(18)23)27(11-1-2-11)8-13(19(12)28)20(29)30/h5,8,10-11H,1-4,6-7,9,24H2,(H,29,30). The highest BCUT2D eigenvalue weighted by molar-refractivity contribution is 5.96. The lowest BCUT2D eigenvalue weighted by Crippen LogP contribution is -2.26. The first kappa shape index (κ1) is 21.2. The lowest BCUT2D eigenvalue weighted by atomic mass is 10.1. The van der Waals surface area contributed by atoms with Crippen molar-refractivity contribution in [2.75, 3.05) is 37.8 Å². The summed E-state index contributed by atoms with van der Waals surface area (Å²) < 4.78 is 44.4. The van der Waals surface area contributed by atoms with Crippen LogP contribution in [-0.2, 0) is 4.84 Å². The quantitative estimate of drug-likeness (QED) is 0.506. The van der Waals surface area contributed by atoms with Gasteiger partial charge in [0.2, 0.25) is 5.43 Å². The van der Waals surface area contributed by atoms with Gasteiger partial charge in [-0.05, 0) is 18.9 Å². The number of carboxylic acid groups (broad SMARTS) is 1. The van der Waals surface area contributed by atoms with Gasteiger partial charge in [-0.25, -0.2) is 18.0 Å². The highest BCUT2D eigenvalue weighted by Gasteiger charge is 2.35. The molecule has 166 valence electrons. The molecule has 0 amide bonds. The number of aromatic nitrogens is 1. The highest BCUT2D eigenvalue weighted by atomic mass is 19.1. The molecule has 0 radical (unpaired) electrons. The highest BCUT2D eigenvalue weighted by Crippen LogP contribution is 2.40. The minimum Gasteiger partial charge on any atom is -0.477 e. The maximum Gasteiger partial charge on any atom is 0.341 e. The molecule has 8 nitrogen and oxygen atoms in total. The van der Waals surface area contributed by atoms with Crippen molar-refractivity contribution in [2.45, 2.75) is 18.9 Å². The second-order valence-corrected chi connectivity index (χ2v) is 7.65. The summed E-state index contributed by atoms with van der Waals surface area (Å²) in [5, 5.41) is 12.9. The normalized spacial score (nSPS) is 20.1. The Kier molecular flexibility index (Phi) is 5.61. The summed E-state index contributed by atoms with van der Waals surface area (Å²) >= 11 is 0. The zero-order valence-corrected chi connectivity index (χ0v) is 16.5. The maximum atomic E-state index is 15.7. The van der Waals surface area contributed by atoms with Crippen LogP contribution in [0.3, 0.4) is 0 Å². The van der Waals surface area contributed by atoms with Crippen molar-refractivity contribution < 1.29 is 27.9 Å². The van der Waals surface area contributed by atoms with E-state index in [0.717, 1.165) is 12.3 Å². The zero-order chi connectivity index (χ0) is 22.3. The van der Waals surface area contributed by atoms with Crippen molar-refractivity contribution in [1.82, 2.24) is 4.57 Å². The molecule has 0 spiro atoms. The predicted octanol–water partition coefficient (Wildman–Crippen LogP) is 2.05. The number of anilines is 1. The first-order valence-corrected chi connectivity index (χ1v) is 9.87. The Morgan fingerprint density at radius 2 is 2.10 bits per heavy atom. The van der Waals surface area contributed by atoms with Gasteiger partial charge in [0.05, 0.1) is 23.2 Å². The summed E-state index contributed by atoms with van der Waals surface area (Å²) in [5.41, 5.74) is 4.24. The molecule has 11 heteroatoms. The number of fused-ring (bicyclic) bond motifs is 1. The van der Waals surface area contributed by atoms with E-state index in [-0.39, 0.29) is 54.8 Å². The Morgan fingerprint density at radius 3 is 2.71 bits per heavy atom. The van der Waals surface area contributed by atoms with Gasteiger partial charge >= 0.3 is 5.97 Å². The van der Waals surface area contributed by atoms with E-state index >= 15 is 8.78 Å². The number of rotatable bonds is 7. The molecule has 1 aliphatic heterocycles. The number of oxime groups is 1. The third kappa shape index (κ3) is 3.73. The van der Waals surface area contributed by atoms with Crippen LogP contribution in [0.5, 0.6) is 0 Å². The number of pyridine rings is 1. The number of nitrogens with zero attached hydrogens (tertiary/aromatic N) is 3. The fraction of sp³-hybridized carbons (Fsp3) is 0.450. The number of halogens is 3. The minimum absolute atomic E-state index is 0.0222. The second kappa shape index (κ2) is 8.22. The lowest BCUT2D eigenvalue weighted by Gasteiger charge is -2.22. The molecule has 2 fully saturated rings. The Balaban J connectivity index is 1.84. The summed E-state index contributed by atoms with van der Waals surface area (Å²) in [6.07, 6.45) is 2.52. The minimum atomic E-state index is -1.45. The molecule has 0 bridgehead atoms. The molecule has 1 atom stereocenters. The van der Waals surface area contributed by atoms with Gasteiger partial charge in [0.15, 0.2) is 5.82 Å². The molecule has 1 aromatic carbocycles. The van der Waals surface area contributed by atoms with Crippen molar-refractivity contribution in [3.63, 3.8) is 0 Å². The smallest absolute Gasteiger partial charge is 0.341 e. The Labute approximate surface area is 174 Å². The van der Waals surface area contributed by atoms with Gasteiger partial charge in [-0.1, -0.05) is 5.16 Å². The number of carbonyl (C=O) groups is 1. The van der Waals surface area contributed by atoms with Crippen LogP contribution in [0.4, 0.5) is 18.9 Å². The number of nitrogens with two attached hydrogens (primary N) is 1. The topological polar surface area (TPSA) is 110 Å². The molecule has 1 unspecified atom stereocenters. The van der Waals surface area contributed by atoms with Gasteiger partial charge in [-0.3, -0.25) is 4.79 Å². The van der Waals surface area contributed by atoms with E-state index < -0.39 is 35.3 Å². The predicted molar refractivity (Wildman–Crippen MR) is 107 cm³/mol. The van der Waals surface area contributed by atoms with Gasteiger partial charge in [-0.2, -0.15) is 0 Å². The lowest BCUT2D eigenvalue weighted by molar-refractivity contribution is 0.0694. The number of hydrogen-bond donors (Lipinski definition) is 2. The number of carboxylic acids is 1. The third-order valence-corrected chi connectivity index (χ3v) is 5.57. The molecule has 2 aromatic rings. The number of aromatic carboxylic acids is 1. The summed E-state index contributed by atoms with van der Waals surface area (Å²) in [6.45, 7) is -0.624. The van der Waals surface area contributed by atoms with Crippen molar-refractivity contribution >= 4 is 28.3 Å². The van der Waals surface area contributed by atoms with E-state index in [0.29, 0.717) is 18.6 Å². The molecule has 1 saturated heterocycles. The van der Waals surface area contributed by atoms with Gasteiger partial charge in [0.1, 0.15) is 30.3 Å². The van der Waals surface area contributed by atoms with E-state index in [1.54, 1.807) is 0 Å². The average molecular weight is 438 g/mol. The maximum absolute atomic E-state index is 15.7. The van der Waals surface area contributed by atoms with Gasteiger partial charge in [-0.15, -0.1) is 0 Å². The van der Waals surface area contributed by atoms with Gasteiger partial charge in [0.25, 0.3) is 0 Å². The van der Waals surface area contributed by atoms with Gasteiger partial charge < -0.3 is 25.1 Å². The van der Waals surface area contributed by atoms with E-state index in [9.17, 15) is 19.1 Å². The van der Waals surface area contributed by atoms with Crippen LogP contribution in [0.25, 0.3) is 10.9 Å². The van der Waals surface area contributed by atoms with Crippen LogP contribution >= 0.6 is 0 Å². The van der Waals surface area contributed by atoms with Gasteiger partial charge in [0, 0.05) is 31.2 Å². The number of benzene rings is 1. The Morgan fingerprint density at radius 1 is 1.35 bits per heavy atom. The van der Waals surface area contributed by atoms with Crippen molar-refractivity contribution in [3.05, 3.63) is 39.7 Å². The summed E-state index contributed by atoms with van der Waals surface area (Å²) in [6, 6.07) is 0.726. The fourth-order valence-electron chi connectivity index (χ4n) is 3.92. The summed E-state index contributed by atoms with van der Waals surface area (Å²) in [5.74, 6) is -3.73. The third-order valence-electron chi connectivity index (χ3n) is 5.57. The Bertz CT molecular complexity index is 1130. The van der Waals surface area contributed by atoms with E-state index in [1.807, 2.05) is 0 Å². The molecule has 3 N–H and O–H groups in total. The molecule has 2 heterocycles. The molecule has 4 rings (SSSR count). The fourth-order valence-corrected chi connectivity index (χ4v) is 3.92. The van der Waals surface area contributed by atoms with Crippen molar-refractivity contribution in [1.29, 1.82) is 0 Å².